The summed E-state index contributed by atoms with van der Waals surface area (Å²) in [6.07, 6.45) is 1.54. The number of ether oxygens (including phenoxy) is 7. The summed E-state index contributed by atoms with van der Waals surface area (Å²) in [6.45, 7) is 14.2. The van der Waals surface area contributed by atoms with E-state index in [0.717, 1.165) is 32.1 Å². The van der Waals surface area contributed by atoms with E-state index in [-0.39, 0.29) is 40.7 Å². The Bertz CT molecular complexity index is 2310. The van der Waals surface area contributed by atoms with E-state index >= 15 is 9.59 Å². The number of hydrogen-bond acceptors (Lipinski definition) is 17. The van der Waals surface area contributed by atoms with Gasteiger partial charge >= 0.3 is 0 Å². The molecule has 1 fully saturated rings. The fourth-order valence-corrected chi connectivity index (χ4v) is 10.3. The van der Waals surface area contributed by atoms with Crippen LogP contribution < -0.4 is 32.0 Å². The number of nitrogens with one attached hydrogen (secondary N) is 1. The SMILES string of the molecule is CC[C@H](C)[C@H](N)C(=O)N[C@H]1c2ccc(C(=O)C(C(C)C)C(O)[C@H](O)[C@@H](N)CC3CCCCC3)c(C(=O)COc3cccc4c(OCCOCCOCCOCCOCCOC)cccc34)c2[C@@H](C(=O)[C@@H](N)C(C)C)[C@H]1O. The zero-order chi connectivity index (χ0) is 55.5. The largest absolute Gasteiger partial charge is 0.491 e. The van der Waals surface area contributed by atoms with Crippen LogP contribution >= 0.6 is 0 Å². The number of aliphatic hydroxyl groups is 3. The van der Waals surface area contributed by atoms with Crippen LogP contribution in [0.3, 0.4) is 0 Å². The lowest BCUT2D eigenvalue weighted by Gasteiger charge is -2.34. The zero-order valence-electron chi connectivity index (χ0n) is 45.9. The van der Waals surface area contributed by atoms with E-state index in [1.165, 1.54) is 12.1 Å². The van der Waals surface area contributed by atoms with Crippen LogP contribution in [0.4, 0.5) is 0 Å². The number of amides is 1. The van der Waals surface area contributed by atoms with Gasteiger partial charge < -0.3 is 71.0 Å². The van der Waals surface area contributed by atoms with Crippen LogP contribution in [0.1, 0.15) is 130 Å². The molecule has 0 spiro atoms. The lowest BCUT2D eigenvalue weighted by molar-refractivity contribution is -0.128. The highest BCUT2D eigenvalue weighted by molar-refractivity contribution is 6.13. The third kappa shape index (κ3) is 16.5. The van der Waals surface area contributed by atoms with Crippen molar-refractivity contribution in [3.8, 4) is 11.5 Å². The quantitative estimate of drug-likeness (QED) is 0.0294. The third-order valence-corrected chi connectivity index (χ3v) is 15.1. The summed E-state index contributed by atoms with van der Waals surface area (Å²) >= 11 is 0. The van der Waals surface area contributed by atoms with Crippen molar-refractivity contribution in [2.45, 2.75) is 135 Å². The summed E-state index contributed by atoms with van der Waals surface area (Å²) in [5, 5.41) is 40.0. The van der Waals surface area contributed by atoms with Gasteiger partial charge in [0.25, 0.3) is 0 Å². The molecule has 2 aliphatic rings. The maximum atomic E-state index is 15.3. The fourth-order valence-electron chi connectivity index (χ4n) is 10.3. The molecule has 0 bridgehead atoms. The van der Waals surface area contributed by atoms with Crippen molar-refractivity contribution in [3.05, 3.63) is 70.8 Å². The predicted molar refractivity (Wildman–Crippen MR) is 290 cm³/mol. The second-order valence-electron chi connectivity index (χ2n) is 21.2. The molecule has 10 atom stereocenters. The Balaban J connectivity index is 1.43. The number of fused-ring (bicyclic) bond motifs is 2. The van der Waals surface area contributed by atoms with Gasteiger partial charge in [-0.2, -0.15) is 0 Å². The van der Waals surface area contributed by atoms with Crippen LogP contribution in [0.2, 0.25) is 0 Å². The zero-order valence-corrected chi connectivity index (χ0v) is 45.9. The minimum atomic E-state index is -1.63. The molecule has 0 saturated heterocycles. The minimum absolute atomic E-state index is 0.0222. The molecule has 2 unspecified atom stereocenters. The molecule has 1 amide bonds. The number of ketones is 3. The smallest absolute Gasteiger partial charge is 0.237 e. The average molecular weight is 1070 g/mol. The first-order chi connectivity index (χ1) is 36.4. The third-order valence-electron chi connectivity index (χ3n) is 15.1. The maximum Gasteiger partial charge on any atom is 0.237 e. The van der Waals surface area contributed by atoms with Gasteiger partial charge in [0.2, 0.25) is 11.7 Å². The van der Waals surface area contributed by atoms with Crippen LogP contribution in [0.5, 0.6) is 11.5 Å². The number of Topliss-reactive ketones (excluding diaryl/α,β-unsaturated/α-hetero) is 3. The molecule has 10 N–H and O–H groups in total. The molecule has 0 heterocycles. The monoisotopic (exact) mass is 1060 g/mol. The molecule has 18 nitrogen and oxygen atoms in total. The summed E-state index contributed by atoms with van der Waals surface area (Å²) in [5.41, 5.74) is 19.4. The predicted octanol–water partition coefficient (Wildman–Crippen LogP) is 5.21. The summed E-state index contributed by atoms with van der Waals surface area (Å²) in [5.74, 6) is -5.36. The Morgan fingerprint density at radius 3 is 1.78 bits per heavy atom. The Labute approximate surface area is 449 Å². The van der Waals surface area contributed by atoms with Gasteiger partial charge in [-0.05, 0) is 53.4 Å². The van der Waals surface area contributed by atoms with E-state index in [4.69, 9.17) is 50.4 Å². The molecule has 76 heavy (non-hydrogen) atoms. The van der Waals surface area contributed by atoms with Crippen molar-refractivity contribution < 1.29 is 67.7 Å². The van der Waals surface area contributed by atoms with Gasteiger partial charge in [-0.15, -0.1) is 0 Å². The van der Waals surface area contributed by atoms with Crippen molar-refractivity contribution in [2.24, 2.45) is 46.8 Å². The van der Waals surface area contributed by atoms with Gasteiger partial charge in [0.05, 0.1) is 108 Å². The first-order valence-electron chi connectivity index (χ1n) is 27.4. The highest BCUT2D eigenvalue weighted by Crippen LogP contribution is 2.46. The second kappa shape index (κ2) is 31.2. The number of rotatable bonds is 35. The minimum Gasteiger partial charge on any atom is -0.491 e. The molecule has 2 aliphatic carbocycles. The summed E-state index contributed by atoms with van der Waals surface area (Å²) in [4.78, 5) is 58.9. The fraction of sp³-hybridized carbons (Fsp3) is 0.655. The van der Waals surface area contributed by atoms with E-state index in [9.17, 15) is 24.9 Å². The van der Waals surface area contributed by atoms with Crippen LogP contribution in [-0.2, 0) is 33.3 Å². The summed E-state index contributed by atoms with van der Waals surface area (Å²) < 4.78 is 39.6. The van der Waals surface area contributed by atoms with Gasteiger partial charge in [-0.3, -0.25) is 19.2 Å². The van der Waals surface area contributed by atoms with Crippen molar-refractivity contribution in [3.63, 3.8) is 0 Å². The molecule has 3 aromatic rings. The summed E-state index contributed by atoms with van der Waals surface area (Å²) in [6, 6.07) is 9.53. The van der Waals surface area contributed by atoms with Gasteiger partial charge in [0, 0.05) is 35.1 Å². The van der Waals surface area contributed by atoms with Crippen LogP contribution in [0, 0.1) is 29.6 Å². The molecule has 5 rings (SSSR count). The van der Waals surface area contributed by atoms with Crippen molar-refractivity contribution in [1.29, 1.82) is 0 Å². The van der Waals surface area contributed by atoms with Crippen LogP contribution in [-0.4, -0.2) is 155 Å². The lowest BCUT2D eigenvalue weighted by atomic mass is 9.75. The molecular weight excluding hydrogens is 977 g/mol. The van der Waals surface area contributed by atoms with E-state index in [1.54, 1.807) is 53.0 Å². The normalized spacial score (nSPS) is 19.7. The Kier molecular flexibility index (Phi) is 25.6. The first-order valence-corrected chi connectivity index (χ1v) is 27.4. The maximum absolute atomic E-state index is 15.3. The highest BCUT2D eigenvalue weighted by Gasteiger charge is 2.50. The first kappa shape index (κ1) is 62.4. The number of hydrogen-bond donors (Lipinski definition) is 7. The van der Waals surface area contributed by atoms with E-state index in [1.807, 2.05) is 32.0 Å². The number of methoxy groups -OCH3 is 1. The molecule has 0 radical (unpaired) electrons. The highest BCUT2D eigenvalue weighted by atomic mass is 16.6. The van der Waals surface area contributed by atoms with Gasteiger partial charge in [0.1, 0.15) is 18.1 Å². The number of nitrogens with two attached hydrogens (primary N) is 3. The van der Waals surface area contributed by atoms with E-state index in [0.29, 0.717) is 94.6 Å². The standard InChI is InChI=1S/C58H88N4O14/c1-8-36(6)51(61)58(69)62-52-40-20-21-41(53(64)46(34(2)3)57(68)54(65)42(59)32-37-14-10-9-11-15-37)47(48(40)49(56(52)67)55(66)50(60)35(4)5)43(63)33-76-45-19-13-16-38-39(45)17-12-18-44(38)75-31-30-74-29-28-73-27-26-72-25-24-71-23-22-70-7/h12-13,16-21,34-37,42,46,49-52,54,56-57,65,67-68H,8-11,14-15,22-33,59-61H2,1-7H3,(H,62,69)/t36-,42-,46?,49-,50-,51-,52-,54+,56+,57?/m0/s1. The molecule has 18 heteroatoms. The number of aliphatic hydroxyl groups excluding tert-OH is 3. The number of carbonyl (C=O) groups excluding carboxylic acids is 4. The lowest BCUT2D eigenvalue weighted by Crippen LogP contribution is -2.50. The van der Waals surface area contributed by atoms with Gasteiger partial charge in [-0.1, -0.05) is 116 Å². The van der Waals surface area contributed by atoms with Crippen LogP contribution in [0.25, 0.3) is 10.8 Å². The molecule has 3 aromatic carbocycles. The van der Waals surface area contributed by atoms with Gasteiger partial charge in [-0.25, -0.2) is 0 Å². The Hall–Kier alpha value is -4.44. The average Bonchev–Trinajstić information content (AvgIpc) is 3.70. The molecule has 424 valence electrons. The van der Waals surface area contributed by atoms with Gasteiger partial charge in [0.15, 0.2) is 18.2 Å². The van der Waals surface area contributed by atoms with Crippen LogP contribution in [0.15, 0.2) is 48.5 Å². The molecule has 0 aliphatic heterocycles. The topological polar surface area (TPSA) is 284 Å². The van der Waals surface area contributed by atoms with E-state index < -0.39 is 96.0 Å². The number of carbonyl (C=O) groups is 4. The molecule has 0 aromatic heterocycles. The Morgan fingerprint density at radius 1 is 0.684 bits per heavy atom. The second-order valence-corrected chi connectivity index (χ2v) is 21.2. The van der Waals surface area contributed by atoms with Crippen molar-refractivity contribution in [2.75, 3.05) is 79.8 Å². The van der Waals surface area contributed by atoms with E-state index in [2.05, 4.69) is 5.32 Å². The Morgan fingerprint density at radius 2 is 1.24 bits per heavy atom. The summed E-state index contributed by atoms with van der Waals surface area (Å²) in [7, 11) is 1.62. The molecule has 1 saturated carbocycles. The number of benzene rings is 3. The van der Waals surface area contributed by atoms with Crippen molar-refractivity contribution in [1.82, 2.24) is 5.32 Å². The van der Waals surface area contributed by atoms with Crippen molar-refractivity contribution >= 4 is 34.0 Å². The molecular formula is C58H88N4O14.